The Morgan fingerprint density at radius 1 is 1.21 bits per heavy atom. The van der Waals surface area contributed by atoms with Gasteiger partial charge in [-0.2, -0.15) is 13.2 Å². The number of thiophene rings is 1. The summed E-state index contributed by atoms with van der Waals surface area (Å²) in [5.74, 6) is -0.677. The molecule has 0 saturated heterocycles. The molecule has 1 aliphatic carbocycles. The van der Waals surface area contributed by atoms with Gasteiger partial charge in [0.05, 0.1) is 36.8 Å². The lowest BCUT2D eigenvalue weighted by atomic mass is 10.2. The second-order valence-electron chi connectivity index (χ2n) is 10.6. The van der Waals surface area contributed by atoms with Crippen molar-refractivity contribution in [3.8, 4) is 0 Å². The molecule has 216 valence electrons. The van der Waals surface area contributed by atoms with Crippen LogP contribution in [0.25, 0.3) is 10.2 Å². The van der Waals surface area contributed by atoms with Crippen LogP contribution in [0.3, 0.4) is 0 Å². The first-order chi connectivity index (χ1) is 18.0. The predicted molar refractivity (Wildman–Crippen MR) is 139 cm³/mol. The van der Waals surface area contributed by atoms with Crippen LogP contribution < -0.4 is 16.7 Å². The molecule has 0 radical (unpaired) electrons. The van der Waals surface area contributed by atoms with Crippen LogP contribution in [-0.2, 0) is 32.9 Å². The van der Waals surface area contributed by atoms with E-state index in [1.165, 1.54) is 0 Å². The molecule has 0 unspecified atom stereocenters. The molecule has 0 aliphatic heterocycles. The van der Waals surface area contributed by atoms with E-state index in [0.717, 1.165) is 37.8 Å². The van der Waals surface area contributed by atoms with E-state index < -0.39 is 53.5 Å². The Morgan fingerprint density at radius 2 is 1.85 bits per heavy atom. The van der Waals surface area contributed by atoms with Crippen LogP contribution in [0.5, 0.6) is 0 Å². The van der Waals surface area contributed by atoms with E-state index >= 15 is 0 Å². The largest absolute Gasteiger partial charge is 0.501 e. The Balaban J connectivity index is 2.11. The van der Waals surface area contributed by atoms with E-state index in [0.29, 0.717) is 29.9 Å². The van der Waals surface area contributed by atoms with Crippen LogP contribution >= 0.6 is 11.3 Å². The highest BCUT2D eigenvalue weighted by Crippen LogP contribution is 2.41. The number of hydrogen-bond acceptors (Lipinski definition) is 7. The fraction of sp³-hybridized carbons (Fsp3) is 0.600. The van der Waals surface area contributed by atoms with Crippen molar-refractivity contribution < 1.29 is 32.2 Å². The molecule has 2 heterocycles. The summed E-state index contributed by atoms with van der Waals surface area (Å²) >= 11 is 0.924. The smallest absolute Gasteiger partial charge is 0.426 e. The van der Waals surface area contributed by atoms with E-state index in [1.807, 2.05) is 0 Å². The lowest BCUT2D eigenvalue weighted by Crippen LogP contribution is -2.47. The van der Waals surface area contributed by atoms with Gasteiger partial charge in [-0.3, -0.25) is 18.7 Å². The zero-order valence-corrected chi connectivity index (χ0v) is 23.5. The van der Waals surface area contributed by atoms with Crippen molar-refractivity contribution in [2.75, 3.05) is 6.61 Å². The van der Waals surface area contributed by atoms with Gasteiger partial charge in [-0.1, -0.05) is 0 Å². The maximum absolute atomic E-state index is 13.5. The van der Waals surface area contributed by atoms with Gasteiger partial charge in [0.15, 0.2) is 0 Å². The van der Waals surface area contributed by atoms with Crippen molar-refractivity contribution in [2.24, 2.45) is 0 Å². The summed E-state index contributed by atoms with van der Waals surface area (Å²) in [6.07, 6.45) is -3.33. The molecule has 1 N–H and O–H groups in total. The minimum Gasteiger partial charge on any atom is -0.501 e. The van der Waals surface area contributed by atoms with Crippen molar-refractivity contribution in [1.29, 1.82) is 0 Å². The lowest BCUT2D eigenvalue weighted by molar-refractivity contribution is -0.136. The number of carbonyl (C=O) groups excluding carboxylic acids is 2. The minimum atomic E-state index is -4.52. The van der Waals surface area contributed by atoms with E-state index in [9.17, 15) is 32.3 Å². The van der Waals surface area contributed by atoms with E-state index in [2.05, 4.69) is 5.43 Å². The Morgan fingerprint density at radius 3 is 2.38 bits per heavy atom. The predicted octanol–water partition coefficient (Wildman–Crippen LogP) is 4.31. The van der Waals surface area contributed by atoms with Crippen LogP contribution in [0.15, 0.2) is 21.9 Å². The number of nitrogens with one attached hydrogen (secondary N) is 1. The summed E-state index contributed by atoms with van der Waals surface area (Å²) in [6, 6.07) is 0. The molecule has 1 fully saturated rings. The summed E-state index contributed by atoms with van der Waals surface area (Å²) < 4.78 is 51.7. The average molecular weight is 575 g/mol. The Bertz CT molecular complexity index is 1400. The first kappa shape index (κ1) is 30.3. The van der Waals surface area contributed by atoms with Gasteiger partial charge < -0.3 is 9.47 Å². The fourth-order valence-electron chi connectivity index (χ4n) is 3.88. The quantitative estimate of drug-likeness (QED) is 0.286. The first-order valence-electron chi connectivity index (χ1n) is 12.4. The number of alkyl halides is 3. The number of halogens is 3. The van der Waals surface area contributed by atoms with Crippen LogP contribution in [-0.4, -0.2) is 44.5 Å². The Kier molecular flexibility index (Phi) is 8.58. The van der Waals surface area contributed by atoms with Gasteiger partial charge >= 0.3 is 18.0 Å². The van der Waals surface area contributed by atoms with Crippen molar-refractivity contribution in [3.05, 3.63) is 43.6 Å². The zero-order chi connectivity index (χ0) is 29.3. The van der Waals surface area contributed by atoms with Crippen LogP contribution in [0, 0.1) is 6.92 Å². The van der Waals surface area contributed by atoms with Gasteiger partial charge in [-0.25, -0.2) is 20.0 Å². The van der Waals surface area contributed by atoms with Gasteiger partial charge in [-0.15, -0.1) is 11.3 Å². The Hall–Kier alpha value is -3.29. The highest BCUT2D eigenvalue weighted by Gasteiger charge is 2.43. The fourth-order valence-corrected chi connectivity index (χ4v) is 5.18. The number of aromatic nitrogens is 2. The summed E-state index contributed by atoms with van der Waals surface area (Å²) in [4.78, 5) is 52.6. The number of ether oxygens (including phenoxy) is 2. The number of rotatable bonds is 8. The van der Waals surface area contributed by atoms with E-state index in [-0.39, 0.29) is 16.8 Å². The van der Waals surface area contributed by atoms with Crippen molar-refractivity contribution in [1.82, 2.24) is 19.6 Å². The number of nitrogens with zero attached hydrogens (tertiary/aromatic N) is 3. The molecule has 39 heavy (non-hydrogen) atoms. The molecule has 2 aromatic rings. The number of hydrazine groups is 1. The molecule has 3 rings (SSSR count). The third kappa shape index (κ3) is 7.22. The van der Waals surface area contributed by atoms with Gasteiger partial charge in [0.2, 0.25) is 0 Å². The van der Waals surface area contributed by atoms with Gasteiger partial charge in [0.1, 0.15) is 10.4 Å². The number of amides is 2. The van der Waals surface area contributed by atoms with Crippen LogP contribution in [0.4, 0.5) is 18.0 Å². The van der Waals surface area contributed by atoms with Crippen LogP contribution in [0.1, 0.15) is 64.3 Å². The van der Waals surface area contributed by atoms with Gasteiger partial charge in [-0.05, 0) is 59.9 Å². The van der Waals surface area contributed by atoms with Crippen molar-refractivity contribution in [3.63, 3.8) is 0 Å². The highest BCUT2D eigenvalue weighted by atomic mass is 32.1. The second kappa shape index (κ2) is 11.1. The monoisotopic (exact) mass is 574 g/mol. The molecule has 0 bridgehead atoms. The number of hydrogen-bond donors (Lipinski definition) is 1. The normalized spacial score (nSPS) is 15.0. The third-order valence-electron chi connectivity index (χ3n) is 6.11. The summed E-state index contributed by atoms with van der Waals surface area (Å²) in [7, 11) is 0. The molecule has 14 heteroatoms. The zero-order valence-electron chi connectivity index (χ0n) is 22.7. The molecular weight excluding hydrogens is 541 g/mol. The van der Waals surface area contributed by atoms with Crippen molar-refractivity contribution >= 4 is 33.6 Å². The summed E-state index contributed by atoms with van der Waals surface area (Å²) in [6.45, 7) is 9.38. The van der Waals surface area contributed by atoms with Gasteiger partial charge in [0, 0.05) is 17.5 Å². The van der Waals surface area contributed by atoms with E-state index in [1.54, 1.807) is 41.5 Å². The standard InChI is InChI=1S/C25H33F3N4O6S/c1-7-37-13-8-17(33)31(29-21(35)38-23(3,4)5)14-16-15(2)18-19(34)32(24(6)9-10-24)22(36)30(20(18)39-16)12-11-25(26,27)28/h8,13H,7,9-12,14H2,1-6H3,(H,29,35). The maximum atomic E-state index is 13.5. The molecule has 0 spiro atoms. The molecule has 1 aliphatic rings. The summed E-state index contributed by atoms with van der Waals surface area (Å²) in [5.41, 5.74) is -0.237. The number of aryl methyl sites for hydroxylation is 2. The number of carbonyl (C=O) groups is 2. The Labute approximate surface area is 227 Å². The molecule has 10 nitrogen and oxygen atoms in total. The highest BCUT2D eigenvalue weighted by molar-refractivity contribution is 7.18. The van der Waals surface area contributed by atoms with Crippen LogP contribution in [0.2, 0.25) is 0 Å². The average Bonchev–Trinajstić information content (AvgIpc) is 3.44. The molecule has 2 amide bonds. The molecule has 0 aromatic carbocycles. The molecule has 2 aromatic heterocycles. The minimum absolute atomic E-state index is 0.0803. The molecule has 0 atom stereocenters. The summed E-state index contributed by atoms with van der Waals surface area (Å²) in [5, 5.41) is 1.06. The topological polar surface area (TPSA) is 112 Å². The third-order valence-corrected chi connectivity index (χ3v) is 7.41. The number of fused-ring (bicyclic) bond motifs is 1. The van der Waals surface area contributed by atoms with Crippen molar-refractivity contribution in [2.45, 2.75) is 91.2 Å². The SMILES string of the molecule is CCOC=CC(=O)N(Cc1sc2c(c1C)c(=O)n(C1(C)CC1)c(=O)n2CCC(F)(F)F)NC(=O)OC(C)(C)C. The maximum Gasteiger partial charge on any atom is 0.426 e. The molecular formula is C25H33F3N4O6S. The lowest BCUT2D eigenvalue weighted by Gasteiger charge is -2.25. The second-order valence-corrected chi connectivity index (χ2v) is 11.6. The first-order valence-corrected chi connectivity index (χ1v) is 13.2. The van der Waals surface area contributed by atoms with E-state index in [4.69, 9.17) is 9.47 Å². The molecule has 1 saturated carbocycles. The van der Waals surface area contributed by atoms with Gasteiger partial charge in [0.25, 0.3) is 11.5 Å².